The zero-order valence-electron chi connectivity index (χ0n) is 6.39. The Morgan fingerprint density at radius 3 is 2.85 bits per heavy atom. The van der Waals surface area contributed by atoms with Crippen molar-refractivity contribution in [3.63, 3.8) is 0 Å². The number of hydrogen-bond acceptors (Lipinski definition) is 2. The van der Waals surface area contributed by atoms with Crippen molar-refractivity contribution in [1.29, 1.82) is 0 Å². The van der Waals surface area contributed by atoms with Crippen LogP contribution in [0.5, 0.6) is 0 Å². The van der Waals surface area contributed by atoms with Crippen LogP contribution in [0.4, 0.5) is 8.78 Å². The highest BCUT2D eigenvalue weighted by molar-refractivity contribution is 9.10. The number of thiophene rings is 1. The number of rotatable bonds is 3. The fourth-order valence-corrected chi connectivity index (χ4v) is 2.17. The Balaban J connectivity index is 2.54. The number of nitrogens with one attached hydrogen (secondary N) is 1. The topological polar surface area (TPSA) is 29.1 Å². The van der Waals surface area contributed by atoms with Crippen molar-refractivity contribution < 1.29 is 13.6 Å². The number of alkyl halides is 2. The summed E-state index contributed by atoms with van der Waals surface area (Å²) < 4.78 is 24.1. The number of carbonyl (C=O) groups is 1. The van der Waals surface area contributed by atoms with E-state index in [0.717, 1.165) is 0 Å². The van der Waals surface area contributed by atoms with Gasteiger partial charge in [-0.15, -0.1) is 11.3 Å². The molecule has 0 aliphatic rings. The van der Waals surface area contributed by atoms with Crippen LogP contribution in [-0.4, -0.2) is 18.9 Å². The third kappa shape index (κ3) is 3.04. The van der Waals surface area contributed by atoms with Crippen molar-refractivity contribution >= 4 is 33.2 Å². The molecule has 0 radical (unpaired) electrons. The minimum atomic E-state index is -2.51. The molecular weight excluding hydrogens is 264 g/mol. The van der Waals surface area contributed by atoms with Gasteiger partial charge in [-0.25, -0.2) is 8.78 Å². The maximum atomic E-state index is 11.7. The van der Waals surface area contributed by atoms with E-state index in [1.54, 1.807) is 11.4 Å². The summed E-state index contributed by atoms with van der Waals surface area (Å²) in [7, 11) is 0. The van der Waals surface area contributed by atoms with E-state index in [2.05, 4.69) is 21.2 Å². The molecule has 2 nitrogen and oxygen atoms in total. The Kier molecular flexibility index (Phi) is 3.80. The molecule has 1 aromatic heterocycles. The summed E-state index contributed by atoms with van der Waals surface area (Å²) in [5.74, 6) is -0.470. The first-order chi connectivity index (χ1) is 6.11. The molecule has 0 aliphatic carbocycles. The van der Waals surface area contributed by atoms with Crippen LogP contribution in [0.2, 0.25) is 0 Å². The SMILES string of the molecule is O=C(NCC(F)F)c1sccc1Br. The summed E-state index contributed by atoms with van der Waals surface area (Å²) in [4.78, 5) is 11.6. The lowest BCUT2D eigenvalue weighted by Crippen LogP contribution is -2.27. The van der Waals surface area contributed by atoms with E-state index < -0.39 is 18.9 Å². The zero-order valence-corrected chi connectivity index (χ0v) is 8.79. The predicted molar refractivity (Wildman–Crippen MR) is 50.4 cm³/mol. The summed E-state index contributed by atoms with van der Waals surface area (Å²) in [5, 5.41) is 3.83. The van der Waals surface area contributed by atoms with Gasteiger partial charge in [0.2, 0.25) is 0 Å². The molecule has 0 saturated carbocycles. The van der Waals surface area contributed by atoms with Gasteiger partial charge in [-0.3, -0.25) is 4.79 Å². The molecule has 1 amide bonds. The van der Waals surface area contributed by atoms with Gasteiger partial charge in [0, 0.05) is 4.47 Å². The zero-order chi connectivity index (χ0) is 9.84. The van der Waals surface area contributed by atoms with Crippen LogP contribution >= 0.6 is 27.3 Å². The Hall–Kier alpha value is -0.490. The average molecular weight is 270 g/mol. The molecule has 0 fully saturated rings. The van der Waals surface area contributed by atoms with Crippen LogP contribution < -0.4 is 5.32 Å². The molecule has 0 aliphatic heterocycles. The summed E-state index contributed by atoms with van der Waals surface area (Å²) in [5.41, 5.74) is 0. The Labute approximate surface area is 86.1 Å². The lowest BCUT2D eigenvalue weighted by molar-refractivity contribution is 0.0895. The van der Waals surface area contributed by atoms with Gasteiger partial charge in [0.15, 0.2) is 0 Å². The predicted octanol–water partition coefficient (Wildman–Crippen LogP) is 2.51. The highest BCUT2D eigenvalue weighted by Crippen LogP contribution is 2.22. The Morgan fingerprint density at radius 2 is 2.38 bits per heavy atom. The van der Waals surface area contributed by atoms with Gasteiger partial charge in [0.1, 0.15) is 4.88 Å². The number of halogens is 3. The average Bonchev–Trinajstić information content (AvgIpc) is 2.47. The van der Waals surface area contributed by atoms with Gasteiger partial charge in [0.25, 0.3) is 12.3 Å². The lowest BCUT2D eigenvalue weighted by atomic mass is 10.4. The van der Waals surface area contributed by atoms with E-state index >= 15 is 0 Å². The molecule has 13 heavy (non-hydrogen) atoms. The first kappa shape index (κ1) is 10.6. The molecule has 6 heteroatoms. The van der Waals surface area contributed by atoms with Crippen LogP contribution in [0.3, 0.4) is 0 Å². The monoisotopic (exact) mass is 269 g/mol. The number of carbonyl (C=O) groups excluding carboxylic acids is 1. The van der Waals surface area contributed by atoms with Crippen molar-refractivity contribution in [2.45, 2.75) is 6.43 Å². The molecule has 0 bridgehead atoms. The standard InChI is InChI=1S/C7H6BrF2NOS/c8-4-1-2-13-6(4)7(12)11-3-5(9)10/h1-2,5H,3H2,(H,11,12). The van der Waals surface area contributed by atoms with Crippen LogP contribution in [0, 0.1) is 0 Å². The minimum Gasteiger partial charge on any atom is -0.346 e. The molecule has 0 unspecified atom stereocenters. The van der Waals surface area contributed by atoms with Gasteiger partial charge in [-0.1, -0.05) is 0 Å². The van der Waals surface area contributed by atoms with Crippen LogP contribution in [0.1, 0.15) is 9.67 Å². The van der Waals surface area contributed by atoms with Crippen molar-refractivity contribution in [3.05, 3.63) is 20.8 Å². The van der Waals surface area contributed by atoms with Gasteiger partial charge in [-0.2, -0.15) is 0 Å². The van der Waals surface area contributed by atoms with E-state index in [4.69, 9.17) is 0 Å². The number of hydrogen-bond donors (Lipinski definition) is 1. The second-order valence-corrected chi connectivity index (χ2v) is 3.97. The van der Waals surface area contributed by atoms with Gasteiger partial charge < -0.3 is 5.32 Å². The molecule has 1 aromatic rings. The quantitative estimate of drug-likeness (QED) is 0.898. The van der Waals surface area contributed by atoms with Crippen molar-refractivity contribution in [3.8, 4) is 0 Å². The molecule has 1 rings (SSSR count). The highest BCUT2D eigenvalue weighted by atomic mass is 79.9. The van der Waals surface area contributed by atoms with Gasteiger partial charge >= 0.3 is 0 Å². The third-order valence-electron chi connectivity index (χ3n) is 1.24. The van der Waals surface area contributed by atoms with E-state index in [0.29, 0.717) is 9.35 Å². The van der Waals surface area contributed by atoms with Crippen LogP contribution in [0.15, 0.2) is 15.9 Å². The number of amides is 1. The highest BCUT2D eigenvalue weighted by Gasteiger charge is 2.12. The van der Waals surface area contributed by atoms with Gasteiger partial charge in [-0.05, 0) is 27.4 Å². The van der Waals surface area contributed by atoms with Crippen LogP contribution in [-0.2, 0) is 0 Å². The summed E-state index contributed by atoms with van der Waals surface area (Å²) in [6, 6.07) is 1.70. The third-order valence-corrected chi connectivity index (χ3v) is 3.08. The van der Waals surface area contributed by atoms with E-state index in [1.807, 2.05) is 0 Å². The molecule has 72 valence electrons. The fraction of sp³-hybridized carbons (Fsp3) is 0.286. The largest absolute Gasteiger partial charge is 0.346 e. The first-order valence-corrected chi connectivity index (χ1v) is 5.08. The summed E-state index contributed by atoms with van der Waals surface area (Å²) in [6.07, 6.45) is -2.51. The Bertz CT molecular complexity index is 302. The molecular formula is C7H6BrF2NOS. The molecule has 0 saturated heterocycles. The van der Waals surface area contributed by atoms with Crippen molar-refractivity contribution in [2.24, 2.45) is 0 Å². The molecule has 0 atom stereocenters. The normalized spacial score (nSPS) is 10.5. The maximum absolute atomic E-state index is 11.7. The van der Waals surface area contributed by atoms with E-state index in [-0.39, 0.29) is 0 Å². The van der Waals surface area contributed by atoms with Crippen LogP contribution in [0.25, 0.3) is 0 Å². The summed E-state index contributed by atoms with van der Waals surface area (Å²) >= 11 is 4.34. The lowest BCUT2D eigenvalue weighted by Gasteiger charge is -2.01. The minimum absolute atomic E-state index is 0.417. The maximum Gasteiger partial charge on any atom is 0.262 e. The Morgan fingerprint density at radius 1 is 1.69 bits per heavy atom. The van der Waals surface area contributed by atoms with E-state index in [1.165, 1.54) is 11.3 Å². The fourth-order valence-electron chi connectivity index (χ4n) is 0.706. The molecule has 1 N–H and O–H groups in total. The van der Waals surface area contributed by atoms with Gasteiger partial charge in [0.05, 0.1) is 6.54 Å². The second-order valence-electron chi connectivity index (χ2n) is 2.20. The smallest absolute Gasteiger partial charge is 0.262 e. The van der Waals surface area contributed by atoms with Crippen molar-refractivity contribution in [1.82, 2.24) is 5.32 Å². The molecule has 1 heterocycles. The van der Waals surface area contributed by atoms with E-state index in [9.17, 15) is 13.6 Å². The second kappa shape index (κ2) is 4.66. The van der Waals surface area contributed by atoms with Crippen molar-refractivity contribution in [2.75, 3.05) is 6.54 Å². The molecule has 0 aromatic carbocycles. The first-order valence-electron chi connectivity index (χ1n) is 3.40. The molecule has 0 spiro atoms. The summed E-state index contributed by atoms with van der Waals surface area (Å²) in [6.45, 7) is -0.608.